The quantitative estimate of drug-likeness (QED) is 0.711. The van der Waals surface area contributed by atoms with Crippen molar-refractivity contribution in [2.45, 2.75) is 39.3 Å². The van der Waals surface area contributed by atoms with Crippen LogP contribution in [0.1, 0.15) is 38.8 Å². The lowest BCUT2D eigenvalue weighted by Gasteiger charge is -2.24. The number of carbonyl (C=O) groups excluding carboxylic acids is 1. The summed E-state index contributed by atoms with van der Waals surface area (Å²) in [7, 11) is 3.25. The molecular weight excluding hydrogens is 342 g/mol. The van der Waals surface area contributed by atoms with Crippen LogP contribution in [0.3, 0.4) is 0 Å². The van der Waals surface area contributed by atoms with Crippen molar-refractivity contribution < 1.29 is 19.0 Å². The highest BCUT2D eigenvalue weighted by molar-refractivity contribution is 5.81. The van der Waals surface area contributed by atoms with Crippen LogP contribution in [-0.4, -0.2) is 26.2 Å². The Balaban J connectivity index is 2.04. The second-order valence-electron chi connectivity index (χ2n) is 6.90. The molecule has 0 aliphatic heterocycles. The van der Waals surface area contributed by atoms with E-state index in [4.69, 9.17) is 14.2 Å². The Bertz CT molecular complexity index is 710. The van der Waals surface area contributed by atoms with Crippen LogP contribution < -0.4 is 19.5 Å². The van der Waals surface area contributed by atoms with Crippen LogP contribution in [-0.2, 0) is 4.79 Å². The van der Waals surface area contributed by atoms with Crippen LogP contribution >= 0.6 is 0 Å². The van der Waals surface area contributed by atoms with E-state index in [0.29, 0.717) is 11.7 Å². The average molecular weight is 371 g/mol. The van der Waals surface area contributed by atoms with E-state index < -0.39 is 6.10 Å². The maximum Gasteiger partial charge on any atom is 0.261 e. The van der Waals surface area contributed by atoms with Crippen molar-refractivity contribution in [1.29, 1.82) is 0 Å². The highest BCUT2D eigenvalue weighted by Gasteiger charge is 2.21. The number of ether oxygens (including phenoxy) is 3. The normalized spacial score (nSPS) is 13.0. The Morgan fingerprint density at radius 3 is 1.81 bits per heavy atom. The number of benzene rings is 2. The maximum atomic E-state index is 12.7. The van der Waals surface area contributed by atoms with Gasteiger partial charge in [-0.3, -0.25) is 4.79 Å². The number of methoxy groups -OCH3 is 2. The second-order valence-corrected chi connectivity index (χ2v) is 6.90. The fourth-order valence-corrected chi connectivity index (χ4v) is 2.79. The van der Waals surface area contributed by atoms with Crippen LogP contribution in [0.25, 0.3) is 0 Å². The highest BCUT2D eigenvalue weighted by atomic mass is 16.5. The van der Waals surface area contributed by atoms with Gasteiger partial charge in [-0.2, -0.15) is 0 Å². The summed E-state index contributed by atoms with van der Waals surface area (Å²) in [5.74, 6) is 2.46. The summed E-state index contributed by atoms with van der Waals surface area (Å²) in [6.07, 6.45) is 0.235. The van der Waals surface area contributed by atoms with Gasteiger partial charge in [0.25, 0.3) is 5.91 Å². The molecule has 5 nitrogen and oxygen atoms in total. The maximum absolute atomic E-state index is 12.7. The van der Waals surface area contributed by atoms with Gasteiger partial charge in [-0.1, -0.05) is 26.0 Å². The number of rotatable bonds is 9. The highest BCUT2D eigenvalue weighted by Crippen LogP contribution is 2.24. The molecule has 2 aromatic carbocycles. The average Bonchev–Trinajstić information content (AvgIpc) is 2.67. The minimum Gasteiger partial charge on any atom is -0.497 e. The van der Waals surface area contributed by atoms with E-state index in [1.807, 2.05) is 24.3 Å². The van der Waals surface area contributed by atoms with Crippen molar-refractivity contribution in [2.75, 3.05) is 14.2 Å². The number of hydrogen-bond acceptors (Lipinski definition) is 4. The summed E-state index contributed by atoms with van der Waals surface area (Å²) in [4.78, 5) is 12.7. The predicted molar refractivity (Wildman–Crippen MR) is 106 cm³/mol. The van der Waals surface area contributed by atoms with E-state index in [9.17, 15) is 4.79 Å². The van der Waals surface area contributed by atoms with Crippen molar-refractivity contribution in [3.05, 3.63) is 54.1 Å². The lowest BCUT2D eigenvalue weighted by atomic mass is 9.96. The molecule has 0 heterocycles. The lowest BCUT2D eigenvalue weighted by molar-refractivity contribution is -0.128. The van der Waals surface area contributed by atoms with Crippen LogP contribution in [0.4, 0.5) is 0 Å². The molecule has 0 fully saturated rings. The third-order valence-electron chi connectivity index (χ3n) is 4.28. The van der Waals surface area contributed by atoms with Gasteiger partial charge in [0.2, 0.25) is 0 Å². The zero-order chi connectivity index (χ0) is 19.8. The largest absolute Gasteiger partial charge is 0.497 e. The first-order valence-electron chi connectivity index (χ1n) is 9.18. The molecule has 0 radical (unpaired) electrons. The molecule has 0 spiro atoms. The molecule has 0 aliphatic carbocycles. The van der Waals surface area contributed by atoms with Gasteiger partial charge in [0.05, 0.1) is 20.3 Å². The standard InChI is InChI=1S/C22H29NO4/c1-15(2)14-21(17-6-8-18(25-4)9-7-17)23-22(24)16(3)27-20-12-10-19(26-5)11-13-20/h6-13,15-16,21H,14H2,1-5H3,(H,23,24)/t16-,21+/m0/s1. The molecule has 2 aromatic rings. The van der Waals surface area contributed by atoms with Gasteiger partial charge in [-0.05, 0) is 61.2 Å². The van der Waals surface area contributed by atoms with Gasteiger partial charge in [-0.25, -0.2) is 0 Å². The third kappa shape index (κ3) is 6.20. The Labute approximate surface area is 161 Å². The van der Waals surface area contributed by atoms with E-state index in [1.54, 1.807) is 45.4 Å². The Morgan fingerprint density at radius 1 is 0.852 bits per heavy atom. The van der Waals surface area contributed by atoms with Gasteiger partial charge in [0.15, 0.2) is 6.10 Å². The van der Waals surface area contributed by atoms with E-state index >= 15 is 0 Å². The SMILES string of the molecule is COc1ccc(O[C@@H](C)C(=O)N[C@H](CC(C)C)c2ccc(OC)cc2)cc1. The summed E-state index contributed by atoms with van der Waals surface area (Å²) < 4.78 is 16.1. The molecule has 1 amide bonds. The van der Waals surface area contributed by atoms with E-state index in [0.717, 1.165) is 23.5 Å². The van der Waals surface area contributed by atoms with Crippen molar-refractivity contribution >= 4 is 5.91 Å². The van der Waals surface area contributed by atoms with E-state index in [2.05, 4.69) is 19.2 Å². The molecular formula is C22H29NO4. The third-order valence-corrected chi connectivity index (χ3v) is 4.28. The summed E-state index contributed by atoms with van der Waals surface area (Å²) in [5, 5.41) is 3.12. The molecule has 0 unspecified atom stereocenters. The van der Waals surface area contributed by atoms with E-state index in [-0.39, 0.29) is 11.9 Å². The molecule has 0 saturated carbocycles. The van der Waals surface area contributed by atoms with Crippen molar-refractivity contribution in [3.63, 3.8) is 0 Å². The summed E-state index contributed by atoms with van der Waals surface area (Å²) in [6.45, 7) is 6.03. The van der Waals surface area contributed by atoms with Gasteiger partial charge in [-0.15, -0.1) is 0 Å². The summed E-state index contributed by atoms with van der Waals surface area (Å²) in [6, 6.07) is 14.9. The van der Waals surface area contributed by atoms with Gasteiger partial charge >= 0.3 is 0 Å². The lowest BCUT2D eigenvalue weighted by Crippen LogP contribution is -2.39. The fraction of sp³-hybridized carbons (Fsp3) is 0.409. The van der Waals surface area contributed by atoms with Crippen molar-refractivity contribution in [1.82, 2.24) is 5.32 Å². The van der Waals surface area contributed by atoms with Crippen LogP contribution in [0.2, 0.25) is 0 Å². The summed E-state index contributed by atoms with van der Waals surface area (Å²) in [5.41, 5.74) is 1.05. The molecule has 0 aromatic heterocycles. The summed E-state index contributed by atoms with van der Waals surface area (Å²) >= 11 is 0. The Morgan fingerprint density at radius 2 is 1.33 bits per heavy atom. The molecule has 2 atom stereocenters. The first-order chi connectivity index (χ1) is 12.9. The molecule has 0 aliphatic rings. The Kier molecular flexibility index (Phi) is 7.53. The number of carbonyl (C=O) groups is 1. The van der Waals surface area contributed by atoms with Crippen LogP contribution in [0.5, 0.6) is 17.2 Å². The molecule has 27 heavy (non-hydrogen) atoms. The zero-order valence-corrected chi connectivity index (χ0v) is 16.7. The van der Waals surface area contributed by atoms with Gasteiger partial charge in [0, 0.05) is 0 Å². The minimum atomic E-state index is -0.605. The topological polar surface area (TPSA) is 56.8 Å². The number of nitrogens with one attached hydrogen (secondary N) is 1. The predicted octanol–water partition coefficient (Wildman–Crippen LogP) is 4.37. The number of hydrogen-bond donors (Lipinski definition) is 1. The zero-order valence-electron chi connectivity index (χ0n) is 16.7. The van der Waals surface area contributed by atoms with Crippen molar-refractivity contribution in [2.24, 2.45) is 5.92 Å². The first-order valence-corrected chi connectivity index (χ1v) is 9.18. The first kappa shape index (κ1) is 20.6. The number of amides is 1. The molecule has 146 valence electrons. The molecule has 2 rings (SSSR count). The van der Waals surface area contributed by atoms with Gasteiger partial charge < -0.3 is 19.5 Å². The van der Waals surface area contributed by atoms with E-state index in [1.165, 1.54) is 0 Å². The van der Waals surface area contributed by atoms with Crippen LogP contribution in [0, 0.1) is 5.92 Å². The second kappa shape index (κ2) is 9.86. The molecule has 5 heteroatoms. The smallest absolute Gasteiger partial charge is 0.261 e. The van der Waals surface area contributed by atoms with Crippen molar-refractivity contribution in [3.8, 4) is 17.2 Å². The minimum absolute atomic E-state index is 0.0784. The molecule has 1 N–H and O–H groups in total. The fourth-order valence-electron chi connectivity index (χ4n) is 2.79. The molecule has 0 saturated heterocycles. The van der Waals surface area contributed by atoms with Crippen LogP contribution in [0.15, 0.2) is 48.5 Å². The van der Waals surface area contributed by atoms with Gasteiger partial charge in [0.1, 0.15) is 17.2 Å². The molecule has 0 bridgehead atoms. The Hall–Kier alpha value is -2.69. The monoisotopic (exact) mass is 371 g/mol.